The van der Waals surface area contributed by atoms with E-state index in [0.29, 0.717) is 6.54 Å². The molecule has 0 spiro atoms. The predicted molar refractivity (Wildman–Crippen MR) is 125 cm³/mol. The zero-order valence-electron chi connectivity index (χ0n) is 18.0. The first-order valence-electron chi connectivity index (χ1n) is 11.1. The van der Waals surface area contributed by atoms with E-state index in [-0.39, 0.29) is 0 Å². The van der Waals surface area contributed by atoms with Crippen molar-refractivity contribution in [3.05, 3.63) is 84.4 Å². The Bertz CT molecular complexity index is 1070. The van der Waals surface area contributed by atoms with Gasteiger partial charge in [-0.15, -0.1) is 0 Å². The minimum Gasteiger partial charge on any atom is -0.497 e. The Morgan fingerprint density at radius 3 is 2.26 bits per heavy atom. The Balaban J connectivity index is 1.55. The fraction of sp³-hybridized carbons (Fsp3) is 0.296. The van der Waals surface area contributed by atoms with Gasteiger partial charge in [0.2, 0.25) is 0 Å². The van der Waals surface area contributed by atoms with Gasteiger partial charge < -0.3 is 9.84 Å². The third-order valence-corrected chi connectivity index (χ3v) is 6.52. The number of hydrogen-bond donors (Lipinski definition) is 1. The number of nitrogens with zero attached hydrogens (tertiary/aromatic N) is 2. The summed E-state index contributed by atoms with van der Waals surface area (Å²) in [5.74, 6) is 2.04. The molecule has 31 heavy (non-hydrogen) atoms. The van der Waals surface area contributed by atoms with Crippen LogP contribution in [0.2, 0.25) is 0 Å². The maximum absolute atomic E-state index is 12.1. The van der Waals surface area contributed by atoms with Gasteiger partial charge in [0.25, 0.3) is 11.6 Å². The third kappa shape index (κ3) is 3.61. The Morgan fingerprint density at radius 1 is 0.839 bits per heavy atom. The van der Waals surface area contributed by atoms with E-state index in [1.165, 1.54) is 24.2 Å². The van der Waals surface area contributed by atoms with E-state index < -0.39 is 5.72 Å². The number of anilines is 1. The van der Waals surface area contributed by atoms with Crippen LogP contribution in [0.15, 0.2) is 78.9 Å². The largest absolute Gasteiger partial charge is 0.497 e. The average Bonchev–Trinajstić information content (AvgIpc) is 2.95. The third-order valence-electron chi connectivity index (χ3n) is 6.52. The van der Waals surface area contributed by atoms with Crippen LogP contribution >= 0.6 is 0 Å². The molecule has 0 saturated carbocycles. The van der Waals surface area contributed by atoms with Crippen molar-refractivity contribution in [2.24, 2.45) is 0 Å². The molecule has 0 bridgehead atoms. The van der Waals surface area contributed by atoms with Crippen molar-refractivity contribution in [3.8, 4) is 16.9 Å². The van der Waals surface area contributed by atoms with Gasteiger partial charge in [0.1, 0.15) is 11.4 Å². The summed E-state index contributed by atoms with van der Waals surface area (Å²) in [7, 11) is 1.68. The van der Waals surface area contributed by atoms with Gasteiger partial charge in [-0.2, -0.15) is 4.90 Å². The van der Waals surface area contributed by atoms with Crippen LogP contribution in [0.25, 0.3) is 11.1 Å². The Kier molecular flexibility index (Phi) is 5.24. The molecule has 158 valence electrons. The Labute approximate surface area is 184 Å². The molecule has 2 heterocycles. The lowest BCUT2D eigenvalue weighted by atomic mass is 9.96. The van der Waals surface area contributed by atoms with Crippen LogP contribution in [0.1, 0.15) is 31.2 Å². The number of rotatable bonds is 4. The molecular formula is C27H29N2O2+. The fourth-order valence-electron chi connectivity index (χ4n) is 4.90. The van der Waals surface area contributed by atoms with Crippen molar-refractivity contribution in [2.75, 3.05) is 25.1 Å². The van der Waals surface area contributed by atoms with Gasteiger partial charge in [0.05, 0.1) is 13.7 Å². The number of ether oxygens (including phenoxy) is 1. The number of amidine groups is 1. The lowest BCUT2D eigenvalue weighted by Crippen LogP contribution is -2.47. The Hall–Kier alpha value is -3.11. The molecular weight excluding hydrogens is 384 g/mol. The lowest BCUT2D eigenvalue weighted by molar-refractivity contribution is -0.534. The second-order valence-corrected chi connectivity index (χ2v) is 8.44. The average molecular weight is 414 g/mol. The van der Waals surface area contributed by atoms with Crippen molar-refractivity contribution >= 4 is 11.5 Å². The van der Waals surface area contributed by atoms with Crippen molar-refractivity contribution < 1.29 is 14.4 Å². The quantitative estimate of drug-likeness (QED) is 0.611. The molecule has 3 aromatic carbocycles. The van der Waals surface area contributed by atoms with Crippen LogP contribution in [0.4, 0.5) is 5.69 Å². The van der Waals surface area contributed by atoms with Crippen LogP contribution in [0.5, 0.6) is 5.75 Å². The van der Waals surface area contributed by atoms with Gasteiger partial charge in [0, 0.05) is 12.0 Å². The summed E-state index contributed by atoms with van der Waals surface area (Å²) in [5, 5.41) is 12.1. The van der Waals surface area contributed by atoms with Crippen LogP contribution in [-0.2, 0) is 5.72 Å². The summed E-state index contributed by atoms with van der Waals surface area (Å²) >= 11 is 0. The molecule has 3 aromatic rings. The minimum absolute atomic E-state index is 0.582. The summed E-state index contributed by atoms with van der Waals surface area (Å²) in [6.07, 6.45) is 4.54. The molecule has 2 aliphatic heterocycles. The molecule has 1 atom stereocenters. The summed E-state index contributed by atoms with van der Waals surface area (Å²) in [6, 6.07) is 26.8. The summed E-state index contributed by atoms with van der Waals surface area (Å²) < 4.78 is 7.73. The molecule has 0 aliphatic carbocycles. The van der Waals surface area contributed by atoms with Crippen LogP contribution in [0, 0.1) is 0 Å². The highest BCUT2D eigenvalue weighted by molar-refractivity contribution is 5.97. The summed E-state index contributed by atoms with van der Waals surface area (Å²) in [6.45, 7) is 1.57. The maximum atomic E-state index is 12.1. The summed E-state index contributed by atoms with van der Waals surface area (Å²) in [4.78, 5) is 2.15. The van der Waals surface area contributed by atoms with Crippen LogP contribution in [0.3, 0.4) is 0 Å². The van der Waals surface area contributed by atoms with E-state index in [4.69, 9.17) is 4.74 Å². The van der Waals surface area contributed by atoms with E-state index >= 15 is 0 Å². The van der Waals surface area contributed by atoms with E-state index in [1.807, 2.05) is 30.3 Å². The zero-order valence-corrected chi connectivity index (χ0v) is 18.0. The standard InChI is InChI=1S/C27H29N2O2/c1-31-25-17-15-24(16-18-25)29-26-10-6-3-7-19-28(26)20-27(29,30)23-13-11-22(12-14-23)21-8-4-2-5-9-21/h2,4-5,8-9,11-18,30H,3,6-7,10,19-20H2,1H3/q+1. The fourth-order valence-corrected chi connectivity index (χ4v) is 4.90. The van der Waals surface area contributed by atoms with Crippen LogP contribution < -0.4 is 9.64 Å². The molecule has 1 unspecified atom stereocenters. The van der Waals surface area contributed by atoms with Gasteiger partial charge in [-0.3, -0.25) is 4.58 Å². The maximum Gasteiger partial charge on any atom is 0.275 e. The van der Waals surface area contributed by atoms with Gasteiger partial charge in [-0.05, 0) is 54.7 Å². The normalized spacial score (nSPS) is 21.0. The second kappa shape index (κ2) is 8.20. The number of methoxy groups -OCH3 is 1. The highest BCUT2D eigenvalue weighted by Crippen LogP contribution is 2.39. The molecule has 0 fully saturated rings. The first-order chi connectivity index (χ1) is 15.2. The van der Waals surface area contributed by atoms with E-state index in [2.05, 4.69) is 58.0 Å². The molecule has 0 aromatic heterocycles. The Morgan fingerprint density at radius 2 is 1.55 bits per heavy atom. The monoisotopic (exact) mass is 413 g/mol. The minimum atomic E-state index is -1.10. The first-order valence-corrected chi connectivity index (χ1v) is 11.1. The molecule has 5 rings (SSSR count). The molecule has 1 N–H and O–H groups in total. The smallest absolute Gasteiger partial charge is 0.275 e. The predicted octanol–water partition coefficient (Wildman–Crippen LogP) is 5.01. The molecule has 4 nitrogen and oxygen atoms in total. The highest BCUT2D eigenvalue weighted by Gasteiger charge is 2.54. The molecule has 0 amide bonds. The van der Waals surface area contributed by atoms with Crippen molar-refractivity contribution in [1.29, 1.82) is 0 Å². The number of hydrogen-bond acceptors (Lipinski definition) is 3. The van der Waals surface area contributed by atoms with Gasteiger partial charge in [0.15, 0.2) is 6.54 Å². The molecule has 0 radical (unpaired) electrons. The zero-order chi connectivity index (χ0) is 21.3. The van der Waals surface area contributed by atoms with Gasteiger partial charge in [-0.25, -0.2) is 0 Å². The topological polar surface area (TPSA) is 35.7 Å². The van der Waals surface area contributed by atoms with Gasteiger partial charge in [-0.1, -0.05) is 54.6 Å². The molecule has 0 saturated heterocycles. The van der Waals surface area contributed by atoms with E-state index in [9.17, 15) is 5.11 Å². The summed E-state index contributed by atoms with van der Waals surface area (Å²) in [5.41, 5.74) is 3.15. The van der Waals surface area contributed by atoms with Crippen molar-refractivity contribution in [1.82, 2.24) is 0 Å². The van der Waals surface area contributed by atoms with E-state index in [0.717, 1.165) is 42.0 Å². The molecule has 2 aliphatic rings. The van der Waals surface area contributed by atoms with Crippen molar-refractivity contribution in [3.63, 3.8) is 0 Å². The van der Waals surface area contributed by atoms with Gasteiger partial charge >= 0.3 is 0 Å². The number of benzene rings is 3. The number of aliphatic hydroxyl groups is 1. The van der Waals surface area contributed by atoms with Crippen LogP contribution in [-0.4, -0.2) is 35.7 Å². The van der Waals surface area contributed by atoms with Crippen molar-refractivity contribution in [2.45, 2.75) is 31.4 Å². The first kappa shape index (κ1) is 19.8. The second-order valence-electron chi connectivity index (χ2n) is 8.44. The van der Waals surface area contributed by atoms with E-state index in [1.54, 1.807) is 7.11 Å². The molecule has 4 heteroatoms. The SMILES string of the molecule is COc1ccc(N2C3=[N+](CCCCC3)CC2(O)c2ccc(-c3ccccc3)cc2)cc1. The lowest BCUT2D eigenvalue weighted by Gasteiger charge is -2.29. The highest BCUT2D eigenvalue weighted by atomic mass is 16.5.